The first-order valence-corrected chi connectivity index (χ1v) is 6.26. The summed E-state index contributed by atoms with van der Waals surface area (Å²) in [5, 5.41) is 7.50. The maximum atomic E-state index is 14.0. The van der Waals surface area contributed by atoms with Gasteiger partial charge in [-0.05, 0) is 38.8 Å². The molecule has 0 amide bonds. The number of rotatable bonds is 3. The number of hydrogen-bond acceptors (Lipinski definition) is 2. The van der Waals surface area contributed by atoms with Crippen molar-refractivity contribution in [2.45, 2.75) is 26.7 Å². The van der Waals surface area contributed by atoms with Gasteiger partial charge >= 0.3 is 0 Å². The maximum Gasteiger partial charge on any atom is 0.148 e. The average molecular weight is 247 g/mol. The predicted octanol–water partition coefficient (Wildman–Crippen LogP) is 3.67. The van der Waals surface area contributed by atoms with Crippen LogP contribution in [0.15, 0.2) is 36.2 Å². The van der Waals surface area contributed by atoms with Gasteiger partial charge in [0.2, 0.25) is 0 Å². The van der Waals surface area contributed by atoms with Crippen LogP contribution in [-0.4, -0.2) is 16.3 Å². The van der Waals surface area contributed by atoms with E-state index < -0.39 is 0 Å². The normalized spacial score (nSPS) is 20.4. The first kappa shape index (κ1) is 12.6. The SMILES string of the molecule is CCNc1cc(C)n(/C2=C/C=C\CCC=C2F)n1. The van der Waals surface area contributed by atoms with Gasteiger partial charge in [0.1, 0.15) is 17.3 Å². The van der Waals surface area contributed by atoms with Crippen molar-refractivity contribution in [3.63, 3.8) is 0 Å². The molecule has 3 nitrogen and oxygen atoms in total. The molecule has 1 aromatic heterocycles. The summed E-state index contributed by atoms with van der Waals surface area (Å²) in [7, 11) is 0. The van der Waals surface area contributed by atoms with Crippen molar-refractivity contribution in [2.24, 2.45) is 0 Å². The van der Waals surface area contributed by atoms with Crippen LogP contribution in [0.2, 0.25) is 0 Å². The lowest BCUT2D eigenvalue weighted by Gasteiger charge is -2.08. The van der Waals surface area contributed by atoms with E-state index in [9.17, 15) is 4.39 Å². The second kappa shape index (κ2) is 5.67. The van der Waals surface area contributed by atoms with Crippen LogP contribution < -0.4 is 5.32 Å². The Morgan fingerprint density at radius 1 is 1.44 bits per heavy atom. The van der Waals surface area contributed by atoms with Crippen molar-refractivity contribution in [3.05, 3.63) is 41.9 Å². The quantitative estimate of drug-likeness (QED) is 0.883. The maximum absolute atomic E-state index is 14.0. The molecule has 0 atom stereocenters. The molecule has 0 bridgehead atoms. The number of halogens is 1. The fraction of sp³-hybridized carbons (Fsp3) is 0.357. The minimum atomic E-state index is -0.214. The smallest absolute Gasteiger partial charge is 0.148 e. The minimum Gasteiger partial charge on any atom is -0.369 e. The fourth-order valence-electron chi connectivity index (χ4n) is 1.90. The Morgan fingerprint density at radius 2 is 2.28 bits per heavy atom. The molecule has 4 heteroatoms. The van der Waals surface area contributed by atoms with E-state index in [-0.39, 0.29) is 5.83 Å². The molecule has 0 aliphatic heterocycles. The van der Waals surface area contributed by atoms with Crippen LogP contribution in [0.1, 0.15) is 25.5 Å². The van der Waals surface area contributed by atoms with E-state index in [2.05, 4.69) is 10.4 Å². The number of aromatic nitrogens is 2. The Balaban J connectivity index is 2.39. The van der Waals surface area contributed by atoms with Crippen molar-refractivity contribution in [2.75, 3.05) is 11.9 Å². The molecule has 0 fully saturated rings. The molecule has 18 heavy (non-hydrogen) atoms. The first-order chi connectivity index (χ1) is 8.72. The van der Waals surface area contributed by atoms with Crippen LogP contribution in [-0.2, 0) is 0 Å². The highest BCUT2D eigenvalue weighted by Gasteiger charge is 2.12. The van der Waals surface area contributed by atoms with Crippen LogP contribution in [0.25, 0.3) is 5.70 Å². The molecule has 96 valence electrons. The van der Waals surface area contributed by atoms with Gasteiger partial charge in [-0.25, -0.2) is 9.07 Å². The Kier molecular flexibility index (Phi) is 3.97. The van der Waals surface area contributed by atoms with Crippen molar-refractivity contribution in [3.8, 4) is 0 Å². The molecule has 0 radical (unpaired) electrons. The van der Waals surface area contributed by atoms with E-state index in [1.807, 2.05) is 32.1 Å². The lowest BCUT2D eigenvalue weighted by atomic mass is 10.2. The summed E-state index contributed by atoms with van der Waals surface area (Å²) in [5.41, 5.74) is 1.40. The van der Waals surface area contributed by atoms with Crippen molar-refractivity contribution < 1.29 is 4.39 Å². The molecule has 0 saturated carbocycles. The molecule has 0 aromatic carbocycles. The van der Waals surface area contributed by atoms with Gasteiger partial charge in [0.25, 0.3) is 0 Å². The van der Waals surface area contributed by atoms with Crippen LogP contribution in [0, 0.1) is 6.92 Å². The van der Waals surface area contributed by atoms with E-state index in [4.69, 9.17) is 0 Å². The minimum absolute atomic E-state index is 0.214. The van der Waals surface area contributed by atoms with Gasteiger partial charge in [-0.15, -0.1) is 0 Å². The van der Waals surface area contributed by atoms with Gasteiger partial charge in [-0.2, -0.15) is 5.10 Å². The molecule has 0 unspecified atom stereocenters. The second-order valence-electron chi connectivity index (χ2n) is 4.22. The number of hydrogen-bond donors (Lipinski definition) is 1. The van der Waals surface area contributed by atoms with E-state index in [0.29, 0.717) is 5.70 Å². The van der Waals surface area contributed by atoms with Gasteiger partial charge in [0, 0.05) is 18.3 Å². The zero-order chi connectivity index (χ0) is 13.0. The molecular formula is C14H18FN3. The summed E-state index contributed by atoms with van der Waals surface area (Å²) in [4.78, 5) is 0. The number of anilines is 1. The van der Waals surface area contributed by atoms with Gasteiger partial charge in [0.15, 0.2) is 0 Å². The molecular weight excluding hydrogens is 229 g/mol. The summed E-state index contributed by atoms with van der Waals surface area (Å²) in [6, 6.07) is 1.92. The van der Waals surface area contributed by atoms with Crippen LogP contribution in [0.3, 0.4) is 0 Å². The zero-order valence-corrected chi connectivity index (χ0v) is 10.8. The lowest BCUT2D eigenvalue weighted by Crippen LogP contribution is -2.04. The first-order valence-electron chi connectivity index (χ1n) is 6.26. The molecule has 1 aliphatic carbocycles. The average Bonchev–Trinajstić information content (AvgIpc) is 2.66. The Hall–Kier alpha value is -1.84. The monoisotopic (exact) mass is 247 g/mol. The Bertz CT molecular complexity index is 509. The third kappa shape index (κ3) is 2.70. The zero-order valence-electron chi connectivity index (χ0n) is 10.8. The van der Waals surface area contributed by atoms with Gasteiger partial charge in [-0.3, -0.25) is 0 Å². The summed E-state index contributed by atoms with van der Waals surface area (Å²) < 4.78 is 15.7. The number of allylic oxidation sites excluding steroid dienone is 6. The van der Waals surface area contributed by atoms with E-state index >= 15 is 0 Å². The third-order valence-corrected chi connectivity index (χ3v) is 2.77. The number of nitrogens with zero attached hydrogens (tertiary/aromatic N) is 2. The third-order valence-electron chi connectivity index (χ3n) is 2.77. The molecule has 0 spiro atoms. The lowest BCUT2D eigenvalue weighted by molar-refractivity contribution is 0.644. The number of aryl methyl sites for hydroxylation is 1. The Morgan fingerprint density at radius 3 is 3.06 bits per heavy atom. The molecule has 1 N–H and O–H groups in total. The standard InChI is InChI=1S/C14H18FN3/c1-3-16-14-10-11(2)18(17-14)13-9-7-5-4-6-8-12(13)15/h5,7-10H,3-4,6H2,1-2H3,(H,16,17)/b7-5-,12-8?,13-9+. The van der Waals surface area contributed by atoms with Crippen molar-refractivity contribution in [1.82, 2.24) is 9.78 Å². The summed E-state index contributed by atoms with van der Waals surface area (Å²) in [6.07, 6.45) is 8.89. The van der Waals surface area contributed by atoms with E-state index in [0.717, 1.165) is 30.9 Å². The van der Waals surface area contributed by atoms with Crippen LogP contribution >= 0.6 is 0 Å². The van der Waals surface area contributed by atoms with Gasteiger partial charge in [0.05, 0.1) is 0 Å². The number of nitrogens with one attached hydrogen (secondary N) is 1. The van der Waals surface area contributed by atoms with Gasteiger partial charge < -0.3 is 5.32 Å². The van der Waals surface area contributed by atoms with Crippen molar-refractivity contribution >= 4 is 11.5 Å². The Labute approximate surface area is 107 Å². The largest absolute Gasteiger partial charge is 0.369 e. The summed E-state index contributed by atoms with van der Waals surface area (Å²) in [5.74, 6) is 0.559. The molecule has 1 aromatic rings. The molecule has 1 aliphatic rings. The van der Waals surface area contributed by atoms with Crippen molar-refractivity contribution in [1.29, 1.82) is 0 Å². The topological polar surface area (TPSA) is 29.9 Å². The highest BCUT2D eigenvalue weighted by atomic mass is 19.1. The van der Waals surface area contributed by atoms with E-state index in [1.165, 1.54) is 0 Å². The highest BCUT2D eigenvalue weighted by Crippen LogP contribution is 2.23. The summed E-state index contributed by atoms with van der Waals surface area (Å²) in [6.45, 7) is 4.73. The molecule has 1 heterocycles. The summed E-state index contributed by atoms with van der Waals surface area (Å²) >= 11 is 0. The fourth-order valence-corrected chi connectivity index (χ4v) is 1.90. The molecule has 0 saturated heterocycles. The second-order valence-corrected chi connectivity index (χ2v) is 4.22. The molecule has 2 rings (SSSR count). The van der Waals surface area contributed by atoms with Gasteiger partial charge in [-0.1, -0.05) is 12.2 Å². The predicted molar refractivity (Wildman–Crippen MR) is 73.0 cm³/mol. The highest BCUT2D eigenvalue weighted by molar-refractivity contribution is 5.64. The van der Waals surface area contributed by atoms with E-state index in [1.54, 1.807) is 16.8 Å². The van der Waals surface area contributed by atoms with Crippen LogP contribution in [0.5, 0.6) is 0 Å². The van der Waals surface area contributed by atoms with Crippen LogP contribution in [0.4, 0.5) is 10.2 Å².